The van der Waals surface area contributed by atoms with Crippen molar-refractivity contribution in [2.75, 3.05) is 39.8 Å². The molecule has 2 fully saturated rings. The van der Waals surface area contributed by atoms with Gasteiger partial charge in [-0.1, -0.05) is 19.8 Å². The first-order valence-corrected chi connectivity index (χ1v) is 8.37. The van der Waals surface area contributed by atoms with Crippen LogP contribution in [-0.2, 0) is 0 Å². The minimum Gasteiger partial charge on any atom is -0.330 e. The van der Waals surface area contributed by atoms with Crippen LogP contribution in [0.15, 0.2) is 0 Å². The van der Waals surface area contributed by atoms with Crippen LogP contribution in [0.1, 0.15) is 45.4 Å². The lowest BCUT2D eigenvalue weighted by atomic mass is 9.83. The third-order valence-corrected chi connectivity index (χ3v) is 5.50. The van der Waals surface area contributed by atoms with Crippen molar-refractivity contribution in [1.82, 2.24) is 9.80 Å². The van der Waals surface area contributed by atoms with Gasteiger partial charge < -0.3 is 15.5 Å². The Morgan fingerprint density at radius 2 is 1.95 bits per heavy atom. The summed E-state index contributed by atoms with van der Waals surface area (Å²) in [6, 6.07) is 0.834. The van der Waals surface area contributed by atoms with Gasteiger partial charge in [-0.05, 0) is 70.7 Å². The van der Waals surface area contributed by atoms with E-state index in [0.29, 0.717) is 0 Å². The van der Waals surface area contributed by atoms with E-state index < -0.39 is 0 Å². The van der Waals surface area contributed by atoms with Gasteiger partial charge >= 0.3 is 0 Å². The van der Waals surface area contributed by atoms with Crippen LogP contribution in [0.3, 0.4) is 0 Å². The van der Waals surface area contributed by atoms with E-state index in [0.717, 1.165) is 24.4 Å². The average molecular weight is 267 g/mol. The van der Waals surface area contributed by atoms with Crippen molar-refractivity contribution in [1.29, 1.82) is 0 Å². The molecule has 3 unspecified atom stereocenters. The fraction of sp³-hybridized carbons (Fsp3) is 1.00. The van der Waals surface area contributed by atoms with Crippen LogP contribution in [0.5, 0.6) is 0 Å². The minimum atomic E-state index is 0.776. The summed E-state index contributed by atoms with van der Waals surface area (Å²) in [6.07, 6.45) is 8.21. The van der Waals surface area contributed by atoms with Gasteiger partial charge in [0.25, 0.3) is 0 Å². The molecule has 112 valence electrons. The van der Waals surface area contributed by atoms with Crippen molar-refractivity contribution in [2.24, 2.45) is 17.6 Å². The van der Waals surface area contributed by atoms with Crippen LogP contribution in [0, 0.1) is 11.8 Å². The molecule has 19 heavy (non-hydrogen) atoms. The number of likely N-dealkylation sites (tertiary alicyclic amines) is 2. The third kappa shape index (κ3) is 4.17. The summed E-state index contributed by atoms with van der Waals surface area (Å²) < 4.78 is 0. The molecule has 0 aromatic rings. The molecule has 3 heteroatoms. The Morgan fingerprint density at radius 3 is 2.63 bits per heavy atom. The molecule has 0 radical (unpaired) electrons. The number of hydrogen-bond acceptors (Lipinski definition) is 3. The highest BCUT2D eigenvalue weighted by Gasteiger charge is 2.27. The Balaban J connectivity index is 1.74. The molecule has 0 bridgehead atoms. The second-order valence-electron chi connectivity index (χ2n) is 6.67. The SMILES string of the molecule is CCC1CN(CCC2CCCCN2C)CCC1CN. The van der Waals surface area contributed by atoms with Crippen molar-refractivity contribution in [3.63, 3.8) is 0 Å². The maximum Gasteiger partial charge on any atom is 0.0104 e. The van der Waals surface area contributed by atoms with E-state index in [9.17, 15) is 0 Å². The lowest BCUT2D eigenvalue weighted by molar-refractivity contribution is 0.0990. The van der Waals surface area contributed by atoms with Crippen LogP contribution < -0.4 is 5.73 Å². The number of nitrogens with zero attached hydrogens (tertiary/aromatic N) is 2. The van der Waals surface area contributed by atoms with Crippen LogP contribution >= 0.6 is 0 Å². The van der Waals surface area contributed by atoms with E-state index in [4.69, 9.17) is 5.73 Å². The zero-order valence-electron chi connectivity index (χ0n) is 13.0. The molecule has 2 rings (SSSR count). The second kappa shape index (κ2) is 7.61. The zero-order chi connectivity index (χ0) is 13.7. The highest BCUT2D eigenvalue weighted by molar-refractivity contribution is 4.82. The monoisotopic (exact) mass is 267 g/mol. The Morgan fingerprint density at radius 1 is 1.11 bits per heavy atom. The Labute approximate surface area is 119 Å². The predicted octanol–water partition coefficient (Wildman–Crippen LogP) is 2.17. The van der Waals surface area contributed by atoms with Crippen LogP contribution in [0.4, 0.5) is 0 Å². The van der Waals surface area contributed by atoms with Gasteiger partial charge in [0.2, 0.25) is 0 Å². The van der Waals surface area contributed by atoms with Gasteiger partial charge in [0.1, 0.15) is 0 Å². The summed E-state index contributed by atoms with van der Waals surface area (Å²) in [5.41, 5.74) is 5.90. The molecule has 2 saturated heterocycles. The van der Waals surface area contributed by atoms with E-state index in [1.54, 1.807) is 0 Å². The fourth-order valence-corrected chi connectivity index (χ4v) is 3.97. The van der Waals surface area contributed by atoms with Crippen LogP contribution in [0.2, 0.25) is 0 Å². The van der Waals surface area contributed by atoms with Gasteiger partial charge in [-0.25, -0.2) is 0 Å². The second-order valence-corrected chi connectivity index (χ2v) is 6.67. The van der Waals surface area contributed by atoms with Crippen LogP contribution in [-0.4, -0.2) is 55.6 Å². The van der Waals surface area contributed by atoms with E-state index >= 15 is 0 Å². The molecular weight excluding hydrogens is 234 g/mol. The molecule has 0 aliphatic carbocycles. The minimum absolute atomic E-state index is 0.776. The third-order valence-electron chi connectivity index (χ3n) is 5.50. The molecule has 2 aliphatic rings. The molecule has 0 spiro atoms. The van der Waals surface area contributed by atoms with E-state index in [1.807, 2.05) is 0 Å². The van der Waals surface area contributed by atoms with Crippen molar-refractivity contribution in [3.05, 3.63) is 0 Å². The number of nitrogens with two attached hydrogens (primary N) is 1. The van der Waals surface area contributed by atoms with Crippen molar-refractivity contribution >= 4 is 0 Å². The summed E-state index contributed by atoms with van der Waals surface area (Å²) in [5, 5.41) is 0. The standard InChI is InChI=1S/C16H33N3/c1-3-14-13-19(10-7-15(14)12-17)11-8-16-6-4-5-9-18(16)2/h14-16H,3-13,17H2,1-2H3. The molecular formula is C16H33N3. The summed E-state index contributed by atoms with van der Waals surface area (Å²) in [4.78, 5) is 5.27. The molecule has 2 aliphatic heterocycles. The number of rotatable bonds is 5. The first-order valence-electron chi connectivity index (χ1n) is 8.37. The van der Waals surface area contributed by atoms with Gasteiger partial charge in [0.15, 0.2) is 0 Å². The molecule has 0 aromatic carbocycles. The molecule has 3 nitrogen and oxygen atoms in total. The Bertz CT molecular complexity index is 256. The van der Waals surface area contributed by atoms with E-state index in [2.05, 4.69) is 23.8 Å². The first-order chi connectivity index (χ1) is 9.24. The lowest BCUT2D eigenvalue weighted by Crippen LogP contribution is -2.45. The summed E-state index contributed by atoms with van der Waals surface area (Å²) in [6.45, 7) is 8.37. The Hall–Kier alpha value is -0.120. The van der Waals surface area contributed by atoms with Crippen molar-refractivity contribution in [3.8, 4) is 0 Å². The zero-order valence-corrected chi connectivity index (χ0v) is 13.0. The van der Waals surface area contributed by atoms with Gasteiger partial charge in [0.05, 0.1) is 0 Å². The quantitative estimate of drug-likeness (QED) is 0.828. The summed E-state index contributed by atoms with van der Waals surface area (Å²) in [5.74, 6) is 1.61. The largest absolute Gasteiger partial charge is 0.330 e. The molecule has 0 aromatic heterocycles. The lowest BCUT2D eigenvalue weighted by Gasteiger charge is -2.39. The van der Waals surface area contributed by atoms with Gasteiger partial charge in [-0.15, -0.1) is 0 Å². The maximum atomic E-state index is 5.90. The molecule has 2 N–H and O–H groups in total. The first kappa shape index (κ1) is 15.3. The smallest absolute Gasteiger partial charge is 0.0104 e. The van der Waals surface area contributed by atoms with Crippen molar-refractivity contribution in [2.45, 2.75) is 51.5 Å². The molecule has 3 atom stereocenters. The van der Waals surface area contributed by atoms with E-state index in [-0.39, 0.29) is 0 Å². The van der Waals surface area contributed by atoms with Gasteiger partial charge in [-0.3, -0.25) is 0 Å². The maximum absolute atomic E-state index is 5.90. The molecule has 0 saturated carbocycles. The van der Waals surface area contributed by atoms with E-state index in [1.165, 1.54) is 64.7 Å². The highest BCUT2D eigenvalue weighted by Crippen LogP contribution is 2.26. The Kier molecular flexibility index (Phi) is 6.11. The highest BCUT2D eigenvalue weighted by atomic mass is 15.2. The van der Waals surface area contributed by atoms with Gasteiger partial charge in [0, 0.05) is 12.6 Å². The topological polar surface area (TPSA) is 32.5 Å². The predicted molar refractivity (Wildman–Crippen MR) is 82.3 cm³/mol. The normalized spacial score (nSPS) is 34.6. The summed E-state index contributed by atoms with van der Waals surface area (Å²) >= 11 is 0. The number of piperidine rings is 2. The van der Waals surface area contributed by atoms with Crippen LogP contribution in [0.25, 0.3) is 0 Å². The molecule has 2 heterocycles. The molecule has 0 amide bonds. The average Bonchev–Trinajstić information content (AvgIpc) is 2.46. The fourth-order valence-electron chi connectivity index (χ4n) is 3.97. The summed E-state index contributed by atoms with van der Waals surface area (Å²) in [7, 11) is 2.30. The van der Waals surface area contributed by atoms with Gasteiger partial charge in [-0.2, -0.15) is 0 Å². The van der Waals surface area contributed by atoms with Crippen molar-refractivity contribution < 1.29 is 0 Å². The number of hydrogen-bond donors (Lipinski definition) is 1.